The lowest BCUT2D eigenvalue weighted by atomic mass is 10.0. The van der Waals surface area contributed by atoms with Gasteiger partial charge in [-0.1, -0.05) is 57.6 Å². The molecule has 0 aromatic heterocycles. The molecule has 0 aromatic rings. The first-order valence-corrected chi connectivity index (χ1v) is 8.91. The lowest BCUT2D eigenvalue weighted by Crippen LogP contribution is -2.24. The van der Waals surface area contributed by atoms with Crippen LogP contribution in [0.1, 0.15) is 77.6 Å². The molecule has 136 valence electrons. The zero-order chi connectivity index (χ0) is 17.5. The van der Waals surface area contributed by atoms with Gasteiger partial charge in [0, 0.05) is 6.42 Å². The fourth-order valence-electron chi connectivity index (χ4n) is 2.40. The topological polar surface area (TPSA) is 98.0 Å². The van der Waals surface area contributed by atoms with Gasteiger partial charge in [0.2, 0.25) is 0 Å². The van der Waals surface area contributed by atoms with Gasteiger partial charge in [-0.05, 0) is 25.7 Å². The Kier molecular flexibility index (Phi) is 14.1. The molecular formula is C18H34O5. The molecule has 0 radical (unpaired) electrons. The second-order valence-electron chi connectivity index (χ2n) is 6.21. The molecule has 5 heteroatoms. The van der Waals surface area contributed by atoms with Crippen molar-refractivity contribution in [1.82, 2.24) is 0 Å². The minimum Gasteiger partial charge on any atom is -0.481 e. The lowest BCUT2D eigenvalue weighted by molar-refractivity contribution is -0.137. The van der Waals surface area contributed by atoms with Crippen molar-refractivity contribution >= 4 is 5.97 Å². The highest BCUT2D eigenvalue weighted by Crippen LogP contribution is 2.12. The van der Waals surface area contributed by atoms with E-state index in [0.29, 0.717) is 25.7 Å². The van der Waals surface area contributed by atoms with Crippen LogP contribution in [0.3, 0.4) is 0 Å². The molecule has 0 rings (SSSR count). The first-order valence-electron chi connectivity index (χ1n) is 8.91. The first-order chi connectivity index (χ1) is 11.0. The third-order valence-electron chi connectivity index (χ3n) is 3.92. The Bertz CT molecular complexity index is 317. The van der Waals surface area contributed by atoms with E-state index in [2.05, 4.69) is 6.92 Å². The van der Waals surface area contributed by atoms with E-state index in [-0.39, 0.29) is 6.42 Å². The van der Waals surface area contributed by atoms with Crippen LogP contribution < -0.4 is 0 Å². The van der Waals surface area contributed by atoms with Crippen molar-refractivity contribution in [2.24, 2.45) is 0 Å². The van der Waals surface area contributed by atoms with Crippen LogP contribution in [0.2, 0.25) is 0 Å². The molecule has 0 saturated carbocycles. The summed E-state index contributed by atoms with van der Waals surface area (Å²) in [6, 6.07) is 0. The third kappa shape index (κ3) is 14.4. The SMILES string of the molecule is CCCCCCCC[C@H](O)[C@@H](O)/C=C\[C@H](O)CCCCC(=O)O. The molecule has 5 nitrogen and oxygen atoms in total. The molecule has 0 aliphatic rings. The molecule has 23 heavy (non-hydrogen) atoms. The number of carbonyl (C=O) groups is 1. The normalized spacial score (nSPS) is 15.7. The van der Waals surface area contributed by atoms with Crippen LogP contribution in [0.5, 0.6) is 0 Å². The van der Waals surface area contributed by atoms with E-state index >= 15 is 0 Å². The summed E-state index contributed by atoms with van der Waals surface area (Å²) in [7, 11) is 0. The second kappa shape index (κ2) is 14.7. The molecule has 0 heterocycles. The van der Waals surface area contributed by atoms with Gasteiger partial charge in [0.15, 0.2) is 0 Å². The molecule has 0 spiro atoms. The lowest BCUT2D eigenvalue weighted by Gasteiger charge is -2.15. The Hall–Kier alpha value is -0.910. The van der Waals surface area contributed by atoms with Gasteiger partial charge in [-0.3, -0.25) is 4.79 Å². The van der Waals surface area contributed by atoms with Gasteiger partial charge in [0.25, 0.3) is 0 Å². The van der Waals surface area contributed by atoms with E-state index in [1.165, 1.54) is 37.8 Å². The highest BCUT2D eigenvalue weighted by atomic mass is 16.4. The number of hydrogen-bond acceptors (Lipinski definition) is 4. The standard InChI is InChI=1S/C18H34O5/c1-2-3-4-5-6-7-11-16(20)17(21)14-13-15(19)10-8-9-12-18(22)23/h13-17,19-21H,2-12H2,1H3,(H,22,23)/b14-13-/t15-,16+,17+/m1/s1. The Morgan fingerprint density at radius 1 is 0.870 bits per heavy atom. The number of aliphatic carboxylic acids is 1. The fraction of sp³-hybridized carbons (Fsp3) is 0.833. The molecule has 0 aliphatic carbocycles. The zero-order valence-electron chi connectivity index (χ0n) is 14.4. The van der Waals surface area contributed by atoms with Gasteiger partial charge in [0.1, 0.15) is 0 Å². The number of hydrogen-bond donors (Lipinski definition) is 4. The van der Waals surface area contributed by atoms with Crippen molar-refractivity contribution in [1.29, 1.82) is 0 Å². The molecule has 0 bridgehead atoms. The predicted molar refractivity (Wildman–Crippen MR) is 91.3 cm³/mol. The first kappa shape index (κ1) is 22.1. The van der Waals surface area contributed by atoms with E-state index in [4.69, 9.17) is 5.11 Å². The Morgan fingerprint density at radius 3 is 2.13 bits per heavy atom. The molecule has 0 aliphatic heterocycles. The van der Waals surface area contributed by atoms with E-state index in [1.807, 2.05) is 0 Å². The van der Waals surface area contributed by atoms with Crippen LogP contribution in [0.25, 0.3) is 0 Å². The summed E-state index contributed by atoms with van der Waals surface area (Å²) in [5, 5.41) is 37.9. The van der Waals surface area contributed by atoms with Gasteiger partial charge >= 0.3 is 5.97 Å². The highest BCUT2D eigenvalue weighted by molar-refractivity contribution is 5.66. The van der Waals surface area contributed by atoms with E-state index in [0.717, 1.165) is 12.8 Å². The average Bonchev–Trinajstić information content (AvgIpc) is 2.52. The summed E-state index contributed by atoms with van der Waals surface area (Å²) in [6.07, 6.45) is 9.56. The monoisotopic (exact) mass is 330 g/mol. The van der Waals surface area contributed by atoms with Crippen molar-refractivity contribution in [2.75, 3.05) is 0 Å². The number of rotatable bonds is 15. The van der Waals surface area contributed by atoms with Crippen molar-refractivity contribution in [3.05, 3.63) is 12.2 Å². The number of carboxylic acids is 1. The fourth-order valence-corrected chi connectivity index (χ4v) is 2.40. The molecule has 4 N–H and O–H groups in total. The van der Waals surface area contributed by atoms with Gasteiger partial charge in [-0.15, -0.1) is 0 Å². The molecule has 3 atom stereocenters. The van der Waals surface area contributed by atoms with Crippen LogP contribution in [0, 0.1) is 0 Å². The Morgan fingerprint density at radius 2 is 1.48 bits per heavy atom. The summed E-state index contributed by atoms with van der Waals surface area (Å²) in [4.78, 5) is 10.4. The largest absolute Gasteiger partial charge is 0.481 e. The van der Waals surface area contributed by atoms with Gasteiger partial charge in [-0.2, -0.15) is 0 Å². The number of carboxylic acid groups (broad SMARTS) is 1. The molecule has 0 amide bonds. The maximum Gasteiger partial charge on any atom is 0.303 e. The van der Waals surface area contributed by atoms with Gasteiger partial charge < -0.3 is 20.4 Å². The van der Waals surface area contributed by atoms with Crippen molar-refractivity contribution in [2.45, 2.75) is 95.9 Å². The zero-order valence-corrected chi connectivity index (χ0v) is 14.4. The quantitative estimate of drug-likeness (QED) is 0.273. The van der Waals surface area contributed by atoms with E-state index in [1.54, 1.807) is 0 Å². The van der Waals surface area contributed by atoms with E-state index < -0.39 is 24.3 Å². The van der Waals surface area contributed by atoms with Crippen molar-refractivity contribution in [3.63, 3.8) is 0 Å². The molecule has 0 saturated heterocycles. The van der Waals surface area contributed by atoms with Gasteiger partial charge in [0.05, 0.1) is 18.3 Å². The van der Waals surface area contributed by atoms with E-state index in [9.17, 15) is 20.1 Å². The van der Waals surface area contributed by atoms with Crippen LogP contribution >= 0.6 is 0 Å². The number of unbranched alkanes of at least 4 members (excludes halogenated alkanes) is 6. The smallest absolute Gasteiger partial charge is 0.303 e. The summed E-state index contributed by atoms with van der Waals surface area (Å²) in [5.74, 6) is -0.830. The van der Waals surface area contributed by atoms with Crippen LogP contribution in [0.4, 0.5) is 0 Å². The number of aliphatic hydroxyl groups excluding tert-OH is 3. The minimum atomic E-state index is -0.959. The van der Waals surface area contributed by atoms with Crippen molar-refractivity contribution < 1.29 is 25.2 Å². The molecule has 0 aromatic carbocycles. The molecule has 0 unspecified atom stereocenters. The third-order valence-corrected chi connectivity index (χ3v) is 3.92. The van der Waals surface area contributed by atoms with Crippen LogP contribution in [0.15, 0.2) is 12.2 Å². The summed E-state index contributed by atoms with van der Waals surface area (Å²) in [6.45, 7) is 2.17. The minimum absolute atomic E-state index is 0.107. The second-order valence-corrected chi connectivity index (χ2v) is 6.21. The maximum absolute atomic E-state index is 10.4. The number of aliphatic hydroxyl groups is 3. The summed E-state index contributed by atoms with van der Waals surface area (Å²) < 4.78 is 0. The Labute approximate surface area is 140 Å². The maximum atomic E-state index is 10.4. The Balaban J connectivity index is 3.74. The predicted octanol–water partition coefficient (Wildman–Crippen LogP) is 3.02. The average molecular weight is 330 g/mol. The molecule has 0 fully saturated rings. The van der Waals surface area contributed by atoms with Crippen LogP contribution in [-0.4, -0.2) is 44.7 Å². The van der Waals surface area contributed by atoms with Gasteiger partial charge in [-0.25, -0.2) is 0 Å². The molecular weight excluding hydrogens is 296 g/mol. The highest BCUT2D eigenvalue weighted by Gasteiger charge is 2.13. The summed E-state index contributed by atoms with van der Waals surface area (Å²) in [5.41, 5.74) is 0. The van der Waals surface area contributed by atoms with Crippen molar-refractivity contribution in [3.8, 4) is 0 Å². The summed E-state index contributed by atoms with van der Waals surface area (Å²) >= 11 is 0. The van der Waals surface area contributed by atoms with Crippen LogP contribution in [-0.2, 0) is 4.79 Å².